The number of methoxy groups -OCH3 is 1. The molecule has 118 valence electrons. The van der Waals surface area contributed by atoms with Crippen LogP contribution in [0.5, 0.6) is 0 Å². The van der Waals surface area contributed by atoms with Crippen molar-refractivity contribution in [1.82, 2.24) is 4.31 Å². The Labute approximate surface area is 131 Å². The summed E-state index contributed by atoms with van der Waals surface area (Å²) < 4.78 is 44.0. The lowest BCUT2D eigenvalue weighted by Gasteiger charge is -2.25. The lowest BCUT2D eigenvalue weighted by atomic mass is 10.3. The number of anilines is 1. The zero-order valence-corrected chi connectivity index (χ0v) is 14.2. The van der Waals surface area contributed by atoms with E-state index in [2.05, 4.69) is 20.7 Å². The first kappa shape index (κ1) is 17.9. The molecule has 1 aromatic rings. The van der Waals surface area contributed by atoms with Crippen molar-refractivity contribution < 1.29 is 22.3 Å². The molecule has 0 amide bonds. The van der Waals surface area contributed by atoms with Gasteiger partial charge in [-0.1, -0.05) is 0 Å². The molecule has 1 aromatic carbocycles. The molecule has 0 saturated carbocycles. The lowest BCUT2D eigenvalue weighted by Crippen LogP contribution is -2.41. The van der Waals surface area contributed by atoms with E-state index in [0.717, 1.165) is 23.5 Å². The quantitative estimate of drug-likeness (QED) is 0.618. The fraction of sp³-hybridized carbons (Fsp3) is 0.417. The van der Waals surface area contributed by atoms with Crippen LogP contribution in [0.15, 0.2) is 21.5 Å². The molecular weight excluding hydrogens is 367 g/mol. The second kappa shape index (κ2) is 6.71. The van der Waals surface area contributed by atoms with E-state index in [1.807, 2.05) is 0 Å². The number of nitrogen functional groups attached to an aromatic ring is 1. The molecule has 1 rings (SSSR count). The van der Waals surface area contributed by atoms with E-state index in [9.17, 15) is 17.6 Å². The largest absolute Gasteiger partial charge is 0.468 e. The maximum atomic E-state index is 13.4. The van der Waals surface area contributed by atoms with Crippen molar-refractivity contribution >= 4 is 37.6 Å². The fourth-order valence-electron chi connectivity index (χ4n) is 1.63. The molecule has 0 spiro atoms. The summed E-state index contributed by atoms with van der Waals surface area (Å²) in [7, 11) is -2.90. The third kappa shape index (κ3) is 3.92. The minimum Gasteiger partial charge on any atom is -0.468 e. The number of sulfonamides is 1. The van der Waals surface area contributed by atoms with Gasteiger partial charge in [0.1, 0.15) is 17.3 Å². The van der Waals surface area contributed by atoms with Gasteiger partial charge in [-0.2, -0.15) is 4.31 Å². The fourth-order valence-corrected chi connectivity index (χ4v) is 3.83. The number of esters is 1. The number of ether oxygens (including phenoxy) is 1. The second-order valence-corrected chi connectivity index (χ2v) is 7.24. The summed E-state index contributed by atoms with van der Waals surface area (Å²) in [4.78, 5) is 11.1. The van der Waals surface area contributed by atoms with Crippen molar-refractivity contribution in [3.8, 4) is 0 Å². The molecule has 9 heteroatoms. The Morgan fingerprint density at radius 2 is 2.05 bits per heavy atom. The summed E-state index contributed by atoms with van der Waals surface area (Å²) in [6.45, 7) is 2.76. The zero-order valence-electron chi connectivity index (χ0n) is 11.8. The molecule has 0 fully saturated rings. The molecule has 0 heterocycles. The third-order valence-electron chi connectivity index (χ3n) is 2.73. The number of carbonyl (C=O) groups excluding carboxylic acids is 1. The average Bonchev–Trinajstić information content (AvgIpc) is 2.38. The van der Waals surface area contributed by atoms with Crippen molar-refractivity contribution in [2.45, 2.75) is 24.8 Å². The van der Waals surface area contributed by atoms with Gasteiger partial charge in [0.2, 0.25) is 10.0 Å². The average molecular weight is 383 g/mol. The van der Waals surface area contributed by atoms with Crippen LogP contribution in [0.4, 0.5) is 10.1 Å². The Morgan fingerprint density at radius 3 is 2.52 bits per heavy atom. The normalized spacial score (nSPS) is 12.0. The molecule has 2 N–H and O–H groups in total. The number of carbonyl (C=O) groups is 1. The number of benzene rings is 1. The van der Waals surface area contributed by atoms with Crippen LogP contribution < -0.4 is 5.73 Å². The molecule has 0 bridgehead atoms. The smallest absolute Gasteiger partial charge is 0.321 e. The van der Waals surface area contributed by atoms with Gasteiger partial charge in [0, 0.05) is 6.04 Å². The Bertz CT molecular complexity index is 649. The predicted molar refractivity (Wildman–Crippen MR) is 79.6 cm³/mol. The van der Waals surface area contributed by atoms with Crippen molar-refractivity contribution in [2.75, 3.05) is 19.4 Å². The summed E-state index contributed by atoms with van der Waals surface area (Å²) in [5.41, 5.74) is 5.36. The van der Waals surface area contributed by atoms with E-state index in [1.165, 1.54) is 0 Å². The van der Waals surface area contributed by atoms with Gasteiger partial charge in [0.15, 0.2) is 0 Å². The Kier molecular flexibility index (Phi) is 5.71. The van der Waals surface area contributed by atoms with Crippen molar-refractivity contribution in [3.05, 3.63) is 22.4 Å². The minimum absolute atomic E-state index is 0.0305. The van der Waals surface area contributed by atoms with Gasteiger partial charge in [-0.05, 0) is 41.9 Å². The van der Waals surface area contributed by atoms with Crippen LogP contribution >= 0.6 is 15.9 Å². The highest BCUT2D eigenvalue weighted by Crippen LogP contribution is 2.29. The molecule has 6 nitrogen and oxygen atoms in total. The summed E-state index contributed by atoms with van der Waals surface area (Å²) in [5.74, 6) is -1.37. The van der Waals surface area contributed by atoms with Crippen molar-refractivity contribution in [3.63, 3.8) is 0 Å². The Morgan fingerprint density at radius 1 is 1.48 bits per heavy atom. The molecule has 0 unspecified atom stereocenters. The van der Waals surface area contributed by atoms with E-state index in [-0.39, 0.29) is 15.1 Å². The summed E-state index contributed by atoms with van der Waals surface area (Å²) in [6, 6.07) is 1.48. The number of hydrogen-bond donors (Lipinski definition) is 1. The first-order valence-electron chi connectivity index (χ1n) is 5.94. The zero-order chi connectivity index (χ0) is 16.4. The summed E-state index contributed by atoms with van der Waals surface area (Å²) >= 11 is 2.92. The highest BCUT2D eigenvalue weighted by molar-refractivity contribution is 9.10. The van der Waals surface area contributed by atoms with E-state index in [1.54, 1.807) is 13.8 Å². The van der Waals surface area contributed by atoms with Crippen LogP contribution in [0.2, 0.25) is 0 Å². The van der Waals surface area contributed by atoms with Gasteiger partial charge in [0.25, 0.3) is 0 Å². The lowest BCUT2D eigenvalue weighted by molar-refractivity contribution is -0.141. The van der Waals surface area contributed by atoms with Gasteiger partial charge >= 0.3 is 5.97 Å². The maximum absolute atomic E-state index is 13.4. The summed E-state index contributed by atoms with van der Waals surface area (Å²) in [6.07, 6.45) is 0. The highest BCUT2D eigenvalue weighted by atomic mass is 79.9. The monoisotopic (exact) mass is 382 g/mol. The van der Waals surface area contributed by atoms with Crippen molar-refractivity contribution in [1.29, 1.82) is 0 Å². The Balaban J connectivity index is 3.36. The molecule has 0 atom stereocenters. The van der Waals surface area contributed by atoms with Crippen LogP contribution in [-0.4, -0.2) is 38.4 Å². The SMILES string of the molecule is COC(=O)CN(C(C)C)S(=O)(=O)c1cc(Br)c(F)cc1N. The molecule has 0 aliphatic rings. The third-order valence-corrected chi connectivity index (χ3v) is 5.41. The second-order valence-electron chi connectivity index (χ2n) is 4.52. The topological polar surface area (TPSA) is 89.7 Å². The molecule has 21 heavy (non-hydrogen) atoms. The van der Waals surface area contributed by atoms with Crippen LogP contribution in [-0.2, 0) is 19.6 Å². The van der Waals surface area contributed by atoms with Crippen LogP contribution in [0.3, 0.4) is 0 Å². The molecule has 0 aliphatic heterocycles. The Hall–Kier alpha value is -1.19. The molecule has 0 aromatic heterocycles. The number of rotatable bonds is 5. The predicted octanol–water partition coefficient (Wildman–Crippen LogP) is 1.74. The number of nitrogens with two attached hydrogens (primary N) is 1. The molecular formula is C12H16BrFN2O4S. The summed E-state index contributed by atoms with van der Waals surface area (Å²) in [5, 5.41) is 0. The van der Waals surface area contributed by atoms with Gasteiger partial charge < -0.3 is 10.5 Å². The van der Waals surface area contributed by atoms with Gasteiger partial charge in [0.05, 0.1) is 17.3 Å². The van der Waals surface area contributed by atoms with E-state index in [4.69, 9.17) is 5.73 Å². The highest BCUT2D eigenvalue weighted by Gasteiger charge is 2.31. The minimum atomic E-state index is -4.06. The van der Waals surface area contributed by atoms with E-state index < -0.39 is 34.4 Å². The van der Waals surface area contributed by atoms with Crippen LogP contribution in [0.25, 0.3) is 0 Å². The molecule has 0 saturated heterocycles. The van der Waals surface area contributed by atoms with Gasteiger partial charge in [-0.15, -0.1) is 0 Å². The van der Waals surface area contributed by atoms with Gasteiger partial charge in [-0.3, -0.25) is 4.79 Å². The molecule has 0 aliphatic carbocycles. The standard InChI is InChI=1S/C12H16BrFN2O4S/c1-7(2)16(6-12(17)20-3)21(18,19)11-4-8(13)9(14)5-10(11)15/h4-5,7H,6,15H2,1-3H3. The van der Waals surface area contributed by atoms with Crippen molar-refractivity contribution in [2.24, 2.45) is 0 Å². The van der Waals surface area contributed by atoms with Crippen LogP contribution in [0, 0.1) is 5.82 Å². The number of nitrogens with zero attached hydrogens (tertiary/aromatic N) is 1. The number of hydrogen-bond acceptors (Lipinski definition) is 5. The first-order chi connectivity index (χ1) is 9.61. The van der Waals surface area contributed by atoms with Gasteiger partial charge in [-0.25, -0.2) is 12.8 Å². The number of halogens is 2. The van der Waals surface area contributed by atoms with E-state index >= 15 is 0 Å². The van der Waals surface area contributed by atoms with Crippen LogP contribution in [0.1, 0.15) is 13.8 Å². The molecule has 0 radical (unpaired) electrons. The van der Waals surface area contributed by atoms with E-state index in [0.29, 0.717) is 0 Å². The maximum Gasteiger partial charge on any atom is 0.321 e. The first-order valence-corrected chi connectivity index (χ1v) is 8.17.